The molecule has 1 heterocycles. The van der Waals surface area contributed by atoms with Gasteiger partial charge in [-0.05, 0) is 30.7 Å². The van der Waals surface area contributed by atoms with Gasteiger partial charge in [0.1, 0.15) is 0 Å². The molecule has 1 fully saturated rings. The van der Waals surface area contributed by atoms with Crippen LogP contribution in [0.4, 0.5) is 8.78 Å². The lowest BCUT2D eigenvalue weighted by Crippen LogP contribution is -2.35. The van der Waals surface area contributed by atoms with Gasteiger partial charge in [-0.25, -0.2) is 4.39 Å². The topological polar surface area (TPSA) is 21.3 Å². The van der Waals surface area contributed by atoms with Crippen LogP contribution in [0.3, 0.4) is 0 Å². The molecule has 4 heteroatoms. The third-order valence-corrected chi connectivity index (χ3v) is 2.46. The number of hydrogen-bond donors (Lipinski definition) is 1. The standard InChI is InChI=1S/C10H11F2NO/c1-14-9-5-6(8-2-3-13-8)4-7(11)10(9)12/h4-5,8,13H,2-3H2,1H3/t8-/m0/s1. The Bertz CT molecular complexity index is 350. The minimum Gasteiger partial charge on any atom is -0.494 e. The Morgan fingerprint density at radius 3 is 2.64 bits per heavy atom. The summed E-state index contributed by atoms with van der Waals surface area (Å²) in [6.45, 7) is 0.923. The lowest BCUT2D eigenvalue weighted by molar-refractivity contribution is 0.356. The zero-order valence-corrected chi connectivity index (χ0v) is 7.81. The van der Waals surface area contributed by atoms with Crippen LogP contribution in [0, 0.1) is 11.6 Å². The summed E-state index contributed by atoms with van der Waals surface area (Å²) in [4.78, 5) is 0. The van der Waals surface area contributed by atoms with E-state index in [9.17, 15) is 8.78 Å². The molecule has 76 valence electrons. The summed E-state index contributed by atoms with van der Waals surface area (Å²) in [7, 11) is 1.33. The van der Waals surface area contributed by atoms with E-state index in [1.54, 1.807) is 0 Å². The Morgan fingerprint density at radius 1 is 1.43 bits per heavy atom. The summed E-state index contributed by atoms with van der Waals surface area (Å²) >= 11 is 0. The van der Waals surface area contributed by atoms with Crippen LogP contribution in [0.2, 0.25) is 0 Å². The molecule has 0 aromatic heterocycles. The lowest BCUT2D eigenvalue weighted by atomic mass is 9.97. The summed E-state index contributed by atoms with van der Waals surface area (Å²) in [5.41, 5.74) is 0.743. The van der Waals surface area contributed by atoms with Crippen molar-refractivity contribution < 1.29 is 13.5 Å². The van der Waals surface area contributed by atoms with Crippen LogP contribution in [0.1, 0.15) is 18.0 Å². The Balaban J connectivity index is 2.37. The zero-order valence-electron chi connectivity index (χ0n) is 7.81. The Hall–Kier alpha value is -1.16. The maximum Gasteiger partial charge on any atom is 0.200 e. The average molecular weight is 199 g/mol. The molecule has 0 spiro atoms. The summed E-state index contributed by atoms with van der Waals surface area (Å²) in [5.74, 6) is -1.81. The number of rotatable bonds is 2. The normalized spacial score (nSPS) is 20.4. The number of benzene rings is 1. The SMILES string of the molecule is COc1cc([C@@H]2CCN2)cc(F)c1F. The first-order chi connectivity index (χ1) is 6.72. The molecule has 14 heavy (non-hydrogen) atoms. The summed E-state index contributed by atoms with van der Waals surface area (Å²) in [6.07, 6.45) is 0.953. The quantitative estimate of drug-likeness (QED) is 0.786. The number of nitrogens with one attached hydrogen (secondary N) is 1. The molecule has 2 rings (SSSR count). The van der Waals surface area contributed by atoms with Crippen molar-refractivity contribution in [2.75, 3.05) is 13.7 Å². The van der Waals surface area contributed by atoms with Crippen molar-refractivity contribution in [3.05, 3.63) is 29.3 Å². The van der Waals surface area contributed by atoms with E-state index in [-0.39, 0.29) is 11.8 Å². The van der Waals surface area contributed by atoms with E-state index in [1.165, 1.54) is 19.2 Å². The van der Waals surface area contributed by atoms with Crippen molar-refractivity contribution in [1.29, 1.82) is 0 Å². The summed E-state index contributed by atoms with van der Waals surface area (Å²) in [5, 5.41) is 3.12. The fourth-order valence-electron chi connectivity index (χ4n) is 1.51. The van der Waals surface area contributed by atoms with Gasteiger partial charge in [0, 0.05) is 6.04 Å². The van der Waals surface area contributed by atoms with Crippen LogP contribution in [0.25, 0.3) is 0 Å². The molecule has 1 aliphatic rings. The second-order valence-corrected chi connectivity index (χ2v) is 3.31. The predicted molar refractivity (Wildman–Crippen MR) is 48.3 cm³/mol. The van der Waals surface area contributed by atoms with E-state index in [0.29, 0.717) is 0 Å². The molecular formula is C10H11F2NO. The van der Waals surface area contributed by atoms with E-state index in [0.717, 1.165) is 18.5 Å². The highest BCUT2D eigenvalue weighted by molar-refractivity contribution is 5.34. The fraction of sp³-hybridized carbons (Fsp3) is 0.400. The van der Waals surface area contributed by atoms with E-state index in [4.69, 9.17) is 4.74 Å². The molecule has 1 saturated heterocycles. The predicted octanol–water partition coefficient (Wildman–Crippen LogP) is 2.01. The highest BCUT2D eigenvalue weighted by Crippen LogP contribution is 2.29. The molecule has 0 aliphatic carbocycles. The molecule has 1 atom stereocenters. The minimum absolute atomic E-state index is 0.0336. The van der Waals surface area contributed by atoms with E-state index in [1.807, 2.05) is 0 Å². The van der Waals surface area contributed by atoms with E-state index >= 15 is 0 Å². The van der Waals surface area contributed by atoms with Gasteiger partial charge in [-0.1, -0.05) is 0 Å². The van der Waals surface area contributed by atoms with Gasteiger partial charge in [0.05, 0.1) is 7.11 Å². The third kappa shape index (κ3) is 1.46. The average Bonchev–Trinajstić information content (AvgIpc) is 2.08. The molecule has 0 unspecified atom stereocenters. The first-order valence-corrected chi connectivity index (χ1v) is 4.48. The zero-order chi connectivity index (χ0) is 10.1. The molecule has 1 aliphatic heterocycles. The van der Waals surface area contributed by atoms with Crippen LogP contribution in [0.5, 0.6) is 5.75 Å². The Labute approximate surface area is 80.9 Å². The van der Waals surface area contributed by atoms with Crippen LogP contribution in [0.15, 0.2) is 12.1 Å². The van der Waals surface area contributed by atoms with Crippen LogP contribution < -0.4 is 10.1 Å². The molecule has 1 aromatic rings. The van der Waals surface area contributed by atoms with Gasteiger partial charge in [-0.2, -0.15) is 4.39 Å². The first kappa shape index (κ1) is 9.40. The molecule has 0 amide bonds. The van der Waals surface area contributed by atoms with E-state index in [2.05, 4.69) is 5.32 Å². The molecule has 1 aromatic carbocycles. The maximum absolute atomic E-state index is 13.1. The van der Waals surface area contributed by atoms with Gasteiger partial charge < -0.3 is 10.1 Å². The molecular weight excluding hydrogens is 188 g/mol. The van der Waals surface area contributed by atoms with Crippen molar-refractivity contribution >= 4 is 0 Å². The van der Waals surface area contributed by atoms with Gasteiger partial charge in [-0.3, -0.25) is 0 Å². The maximum atomic E-state index is 13.1. The molecule has 0 radical (unpaired) electrons. The second kappa shape index (κ2) is 3.53. The molecule has 0 saturated carbocycles. The molecule has 2 nitrogen and oxygen atoms in total. The molecule has 0 bridgehead atoms. The third-order valence-electron chi connectivity index (χ3n) is 2.46. The van der Waals surface area contributed by atoms with Crippen LogP contribution in [-0.4, -0.2) is 13.7 Å². The monoisotopic (exact) mass is 199 g/mol. The lowest BCUT2D eigenvalue weighted by Gasteiger charge is -2.28. The summed E-state index contributed by atoms with van der Waals surface area (Å²) < 4.78 is 30.9. The van der Waals surface area contributed by atoms with Crippen molar-refractivity contribution in [3.63, 3.8) is 0 Å². The van der Waals surface area contributed by atoms with Gasteiger partial charge in [0.15, 0.2) is 11.6 Å². The smallest absolute Gasteiger partial charge is 0.200 e. The molecule has 1 N–H and O–H groups in total. The van der Waals surface area contributed by atoms with Gasteiger partial charge >= 0.3 is 0 Å². The fourth-order valence-corrected chi connectivity index (χ4v) is 1.51. The highest BCUT2D eigenvalue weighted by Gasteiger charge is 2.21. The summed E-state index contributed by atoms with van der Waals surface area (Å²) in [6, 6.07) is 2.89. The van der Waals surface area contributed by atoms with Gasteiger partial charge in [-0.15, -0.1) is 0 Å². The van der Waals surface area contributed by atoms with Gasteiger partial charge in [0.2, 0.25) is 5.82 Å². The van der Waals surface area contributed by atoms with Crippen molar-refractivity contribution in [2.24, 2.45) is 0 Å². The Morgan fingerprint density at radius 2 is 2.14 bits per heavy atom. The minimum atomic E-state index is -0.921. The van der Waals surface area contributed by atoms with Crippen LogP contribution >= 0.6 is 0 Å². The van der Waals surface area contributed by atoms with Crippen molar-refractivity contribution in [2.45, 2.75) is 12.5 Å². The highest BCUT2D eigenvalue weighted by atomic mass is 19.2. The number of methoxy groups -OCH3 is 1. The second-order valence-electron chi connectivity index (χ2n) is 3.31. The Kier molecular flexibility index (Phi) is 2.37. The largest absolute Gasteiger partial charge is 0.494 e. The van der Waals surface area contributed by atoms with Crippen molar-refractivity contribution in [1.82, 2.24) is 5.32 Å². The van der Waals surface area contributed by atoms with E-state index < -0.39 is 11.6 Å². The number of hydrogen-bond acceptors (Lipinski definition) is 2. The number of ether oxygens (including phenoxy) is 1. The van der Waals surface area contributed by atoms with Crippen molar-refractivity contribution in [3.8, 4) is 5.75 Å². The van der Waals surface area contributed by atoms with Gasteiger partial charge in [0.25, 0.3) is 0 Å². The van der Waals surface area contributed by atoms with Crippen LogP contribution in [-0.2, 0) is 0 Å². The number of halogens is 2. The first-order valence-electron chi connectivity index (χ1n) is 4.48.